The summed E-state index contributed by atoms with van der Waals surface area (Å²) in [5.41, 5.74) is 13.9. The molecule has 1 atom stereocenters. The lowest BCUT2D eigenvalue weighted by Crippen LogP contribution is -2.45. The molecule has 0 aliphatic carbocycles. The number of nitrogens with two attached hydrogens (primary N) is 2. The smallest absolute Gasteiger partial charge is 0.273 e. The number of amidine groups is 1. The number of pyridine rings is 1. The van der Waals surface area contributed by atoms with Crippen molar-refractivity contribution in [3.63, 3.8) is 0 Å². The van der Waals surface area contributed by atoms with Gasteiger partial charge in [-0.15, -0.1) is 0 Å². The number of hydrogen-bond donors (Lipinski definition) is 2. The summed E-state index contributed by atoms with van der Waals surface area (Å²) in [7, 11) is 0. The molecule has 3 heterocycles. The Hall–Kier alpha value is -2.78. The number of likely N-dealkylation sites (tertiary alicyclic amines) is 1. The van der Waals surface area contributed by atoms with Crippen LogP contribution < -0.4 is 11.5 Å². The Bertz CT molecular complexity index is 860. The zero-order valence-electron chi connectivity index (χ0n) is 17.6. The molecule has 2 amide bonds. The standard InChI is InChI=1S/C21H30N6O3/c1-3-7-27(30-4-2)21(29)14-9-17-18(25-19(23)11-14)10-15(12-24-17)20(28)26-8-5-6-16(22)13-26/h9-10,12,16H,3-8,11,13,22H2,1-2H3,(H2,23,25)/t16-/m0/s1. The van der Waals surface area contributed by atoms with Gasteiger partial charge in [0, 0.05) is 43.9 Å². The van der Waals surface area contributed by atoms with Gasteiger partial charge >= 0.3 is 0 Å². The maximum Gasteiger partial charge on any atom is 0.273 e. The van der Waals surface area contributed by atoms with Crippen molar-refractivity contribution >= 4 is 29.4 Å². The summed E-state index contributed by atoms with van der Waals surface area (Å²) < 4.78 is 0. The topological polar surface area (TPSA) is 127 Å². The van der Waals surface area contributed by atoms with Gasteiger partial charge in [0.1, 0.15) is 5.84 Å². The Morgan fingerprint density at radius 2 is 2.17 bits per heavy atom. The van der Waals surface area contributed by atoms with E-state index in [0.29, 0.717) is 48.8 Å². The molecule has 2 aliphatic heterocycles. The van der Waals surface area contributed by atoms with Crippen molar-refractivity contribution in [2.75, 3.05) is 26.2 Å². The summed E-state index contributed by atoms with van der Waals surface area (Å²) in [5, 5.41) is 1.35. The maximum atomic E-state index is 12.9. The Morgan fingerprint density at radius 3 is 2.87 bits per heavy atom. The second-order valence-electron chi connectivity index (χ2n) is 7.56. The van der Waals surface area contributed by atoms with Crippen LogP contribution in [0.25, 0.3) is 6.08 Å². The van der Waals surface area contributed by atoms with E-state index in [2.05, 4.69) is 9.98 Å². The van der Waals surface area contributed by atoms with Crippen LogP contribution in [0.15, 0.2) is 22.8 Å². The minimum atomic E-state index is -0.256. The highest BCUT2D eigenvalue weighted by molar-refractivity contribution is 6.05. The number of carbonyl (C=O) groups excluding carboxylic acids is 2. The molecule has 0 saturated carbocycles. The van der Waals surface area contributed by atoms with Gasteiger partial charge in [-0.1, -0.05) is 6.92 Å². The second kappa shape index (κ2) is 9.82. The first kappa shape index (κ1) is 21.9. The zero-order chi connectivity index (χ0) is 21.7. The van der Waals surface area contributed by atoms with E-state index >= 15 is 0 Å². The second-order valence-corrected chi connectivity index (χ2v) is 7.56. The van der Waals surface area contributed by atoms with Crippen LogP contribution in [-0.2, 0) is 9.63 Å². The number of carbonyl (C=O) groups is 2. The summed E-state index contributed by atoms with van der Waals surface area (Å²) in [5.74, 6) is -0.0918. The van der Waals surface area contributed by atoms with E-state index in [1.807, 2.05) is 13.8 Å². The third kappa shape index (κ3) is 5.03. The molecule has 3 rings (SSSR count). The molecule has 1 aromatic rings. The fourth-order valence-corrected chi connectivity index (χ4v) is 3.65. The van der Waals surface area contributed by atoms with E-state index in [1.54, 1.807) is 17.0 Å². The third-order valence-electron chi connectivity index (χ3n) is 5.05. The fraction of sp³-hybridized carbons (Fsp3) is 0.524. The highest BCUT2D eigenvalue weighted by Gasteiger charge is 2.25. The van der Waals surface area contributed by atoms with Gasteiger partial charge < -0.3 is 16.4 Å². The van der Waals surface area contributed by atoms with Gasteiger partial charge in [0.25, 0.3) is 11.8 Å². The molecule has 1 fully saturated rings. The van der Waals surface area contributed by atoms with E-state index in [4.69, 9.17) is 16.3 Å². The molecule has 1 saturated heterocycles. The number of rotatable bonds is 6. The van der Waals surface area contributed by atoms with E-state index in [0.717, 1.165) is 19.3 Å². The molecule has 1 aromatic heterocycles. The van der Waals surface area contributed by atoms with E-state index in [1.165, 1.54) is 11.3 Å². The van der Waals surface area contributed by atoms with Crippen molar-refractivity contribution in [1.29, 1.82) is 0 Å². The maximum absolute atomic E-state index is 12.9. The summed E-state index contributed by atoms with van der Waals surface area (Å²) in [6.07, 6.45) is 5.96. The number of hydrogen-bond acceptors (Lipinski definition) is 7. The predicted molar refractivity (Wildman–Crippen MR) is 115 cm³/mol. The van der Waals surface area contributed by atoms with Crippen LogP contribution in [-0.4, -0.2) is 64.9 Å². The zero-order valence-corrected chi connectivity index (χ0v) is 17.6. The van der Waals surface area contributed by atoms with Crippen molar-refractivity contribution in [2.24, 2.45) is 16.5 Å². The van der Waals surface area contributed by atoms with Crippen LogP contribution in [0, 0.1) is 0 Å². The predicted octanol–water partition coefficient (Wildman–Crippen LogP) is 1.61. The fourth-order valence-electron chi connectivity index (χ4n) is 3.65. The lowest BCUT2D eigenvalue weighted by molar-refractivity contribution is -0.180. The third-order valence-corrected chi connectivity index (χ3v) is 5.05. The number of nitrogens with zero attached hydrogens (tertiary/aromatic N) is 4. The molecule has 9 heteroatoms. The van der Waals surface area contributed by atoms with Crippen molar-refractivity contribution in [2.45, 2.75) is 45.6 Å². The largest absolute Gasteiger partial charge is 0.387 e. The molecular formula is C21H30N6O3. The molecule has 0 bridgehead atoms. The van der Waals surface area contributed by atoms with Crippen LogP contribution in [0.1, 0.15) is 55.6 Å². The monoisotopic (exact) mass is 414 g/mol. The van der Waals surface area contributed by atoms with Crippen LogP contribution in [0.2, 0.25) is 0 Å². The van der Waals surface area contributed by atoms with Crippen molar-refractivity contribution in [1.82, 2.24) is 14.9 Å². The Morgan fingerprint density at radius 1 is 1.37 bits per heavy atom. The van der Waals surface area contributed by atoms with Crippen molar-refractivity contribution in [3.8, 4) is 0 Å². The number of aromatic nitrogens is 1. The number of hydroxylamine groups is 2. The molecule has 162 valence electrons. The quantitative estimate of drug-likeness (QED) is 0.681. The first-order valence-corrected chi connectivity index (χ1v) is 10.5. The van der Waals surface area contributed by atoms with Gasteiger partial charge in [-0.05, 0) is 38.3 Å². The van der Waals surface area contributed by atoms with E-state index in [-0.39, 0.29) is 30.1 Å². The summed E-state index contributed by atoms with van der Waals surface area (Å²) in [6, 6.07) is 1.67. The Kier molecular flexibility index (Phi) is 7.17. The van der Waals surface area contributed by atoms with Crippen LogP contribution in [0.5, 0.6) is 0 Å². The van der Waals surface area contributed by atoms with Crippen LogP contribution in [0.3, 0.4) is 0 Å². The highest BCUT2D eigenvalue weighted by Crippen LogP contribution is 2.27. The average Bonchev–Trinajstić information content (AvgIpc) is 2.89. The van der Waals surface area contributed by atoms with Crippen molar-refractivity contribution in [3.05, 3.63) is 29.1 Å². The number of fused-ring (bicyclic) bond motifs is 1. The molecule has 30 heavy (non-hydrogen) atoms. The molecule has 0 unspecified atom stereocenters. The van der Waals surface area contributed by atoms with Crippen molar-refractivity contribution < 1.29 is 14.4 Å². The van der Waals surface area contributed by atoms with Gasteiger partial charge in [0.2, 0.25) is 0 Å². The van der Waals surface area contributed by atoms with Crippen LogP contribution in [0.4, 0.5) is 5.69 Å². The number of aliphatic imine (C=N–C) groups is 1. The highest BCUT2D eigenvalue weighted by atomic mass is 16.7. The summed E-state index contributed by atoms with van der Waals surface area (Å²) in [4.78, 5) is 41.8. The normalized spacial score (nSPS) is 18.8. The first-order valence-electron chi connectivity index (χ1n) is 10.5. The summed E-state index contributed by atoms with van der Waals surface area (Å²) >= 11 is 0. The average molecular weight is 415 g/mol. The Labute approximate surface area is 176 Å². The number of amides is 2. The number of piperidine rings is 1. The van der Waals surface area contributed by atoms with Gasteiger partial charge in [-0.3, -0.25) is 19.4 Å². The summed E-state index contributed by atoms with van der Waals surface area (Å²) in [6.45, 7) is 5.89. The lowest BCUT2D eigenvalue weighted by Gasteiger charge is -2.30. The molecule has 9 nitrogen and oxygen atoms in total. The van der Waals surface area contributed by atoms with Gasteiger partial charge in [0.15, 0.2) is 0 Å². The van der Waals surface area contributed by atoms with Gasteiger partial charge in [-0.2, -0.15) is 0 Å². The molecular weight excluding hydrogens is 384 g/mol. The minimum absolute atomic E-state index is 0.00179. The van der Waals surface area contributed by atoms with E-state index < -0.39 is 0 Å². The molecule has 0 spiro atoms. The molecule has 0 radical (unpaired) electrons. The first-order chi connectivity index (χ1) is 14.4. The van der Waals surface area contributed by atoms with Gasteiger partial charge in [-0.25, -0.2) is 10.1 Å². The molecule has 2 aliphatic rings. The lowest BCUT2D eigenvalue weighted by atomic mass is 10.1. The molecule has 0 aromatic carbocycles. The van der Waals surface area contributed by atoms with Crippen LogP contribution >= 0.6 is 0 Å². The minimum Gasteiger partial charge on any atom is -0.387 e. The SMILES string of the molecule is CCCN(OCC)C(=O)C1=Cc2ncc(C(=O)N3CCC[C@H](N)C3)cc2N=C(N)C1. The van der Waals surface area contributed by atoms with E-state index in [9.17, 15) is 9.59 Å². The molecule has 4 N–H and O–H groups in total. The van der Waals surface area contributed by atoms with Gasteiger partial charge in [0.05, 0.1) is 23.6 Å². The Balaban J connectivity index is 1.87.